The molecule has 0 bridgehead atoms. The van der Waals surface area contributed by atoms with E-state index >= 15 is 4.39 Å². The highest BCUT2D eigenvalue weighted by Gasteiger charge is 2.66. The normalized spacial score (nSPS) is 21.9. The quantitative estimate of drug-likeness (QED) is 0.161. The van der Waals surface area contributed by atoms with Crippen LogP contribution in [0.1, 0.15) is 54.2 Å². The predicted octanol–water partition coefficient (Wildman–Crippen LogP) is 7.68. The highest BCUT2D eigenvalue weighted by atomic mass is 19.1. The molecule has 3 heterocycles. The molecule has 3 aliphatic rings. The maximum absolute atomic E-state index is 16.3. The molecular formula is C44H42FN3O5. The number of amides is 3. The van der Waals surface area contributed by atoms with E-state index in [0.29, 0.717) is 22.5 Å². The van der Waals surface area contributed by atoms with Gasteiger partial charge in [0.2, 0.25) is 5.91 Å². The first-order valence-corrected chi connectivity index (χ1v) is 18.2. The Bertz CT molecular complexity index is 2230. The third-order valence-corrected chi connectivity index (χ3v) is 11.2. The average molecular weight is 712 g/mol. The maximum Gasteiger partial charge on any atom is 0.264 e. The van der Waals surface area contributed by atoms with Crippen molar-refractivity contribution in [2.24, 2.45) is 11.8 Å². The van der Waals surface area contributed by atoms with Crippen molar-refractivity contribution in [3.05, 3.63) is 138 Å². The monoisotopic (exact) mass is 711 g/mol. The minimum Gasteiger partial charge on any atom is -0.395 e. The Morgan fingerprint density at radius 1 is 0.887 bits per heavy atom. The van der Waals surface area contributed by atoms with E-state index in [0.717, 1.165) is 27.6 Å². The van der Waals surface area contributed by atoms with Crippen LogP contribution in [0.3, 0.4) is 0 Å². The van der Waals surface area contributed by atoms with E-state index in [4.69, 9.17) is 4.74 Å². The lowest BCUT2D eigenvalue weighted by atomic mass is 9.71. The number of aliphatic hydroxyl groups excluding tert-OH is 1. The van der Waals surface area contributed by atoms with Crippen LogP contribution in [-0.2, 0) is 33.0 Å². The number of hydrogen-bond acceptors (Lipinski definition) is 5. The van der Waals surface area contributed by atoms with Crippen molar-refractivity contribution in [1.29, 1.82) is 0 Å². The minimum atomic E-state index is -1.78. The molecule has 53 heavy (non-hydrogen) atoms. The Balaban J connectivity index is 1.10. The lowest BCUT2D eigenvalue weighted by Gasteiger charge is -2.32. The zero-order valence-corrected chi connectivity index (χ0v) is 30.0. The molecule has 0 unspecified atom stereocenters. The van der Waals surface area contributed by atoms with E-state index in [9.17, 15) is 19.5 Å². The van der Waals surface area contributed by atoms with Crippen molar-refractivity contribution in [2.45, 2.75) is 57.7 Å². The number of ether oxygens (including phenoxy) is 1. The summed E-state index contributed by atoms with van der Waals surface area (Å²) < 4.78 is 23.1. The van der Waals surface area contributed by atoms with E-state index in [1.54, 1.807) is 14.7 Å². The Hall–Kier alpha value is -5.38. The van der Waals surface area contributed by atoms with Crippen LogP contribution in [0.2, 0.25) is 0 Å². The molecule has 4 atom stereocenters. The highest BCUT2D eigenvalue weighted by molar-refractivity contribution is 6.27. The lowest BCUT2D eigenvalue weighted by molar-refractivity contribution is -0.150. The summed E-state index contributed by atoms with van der Waals surface area (Å²) in [6.45, 7) is 5.18. The van der Waals surface area contributed by atoms with Gasteiger partial charge < -0.3 is 19.6 Å². The van der Waals surface area contributed by atoms with Crippen LogP contribution in [-0.4, -0.2) is 52.7 Å². The number of carbonyl (C=O) groups excluding carboxylic acids is 3. The van der Waals surface area contributed by atoms with Crippen molar-refractivity contribution in [1.82, 2.24) is 4.90 Å². The van der Waals surface area contributed by atoms with E-state index in [1.807, 2.05) is 122 Å². The van der Waals surface area contributed by atoms with Gasteiger partial charge in [0, 0.05) is 41.6 Å². The topological polar surface area (TPSA) is 90.4 Å². The van der Waals surface area contributed by atoms with Crippen LogP contribution in [0.4, 0.5) is 21.5 Å². The zero-order valence-electron chi connectivity index (χ0n) is 30.0. The number of carbonyl (C=O) groups is 3. The molecule has 1 N–H and O–H groups in total. The fraction of sp³-hybridized carbons (Fsp3) is 0.295. The van der Waals surface area contributed by atoms with Gasteiger partial charge in [0.15, 0.2) is 5.60 Å². The predicted molar refractivity (Wildman–Crippen MR) is 202 cm³/mol. The molecule has 8 rings (SSSR count). The molecule has 9 heteroatoms. The molecule has 0 radical (unpaired) electrons. The van der Waals surface area contributed by atoms with Gasteiger partial charge in [0.25, 0.3) is 11.8 Å². The van der Waals surface area contributed by atoms with Crippen LogP contribution in [0.15, 0.2) is 115 Å². The fourth-order valence-electron chi connectivity index (χ4n) is 9.02. The molecular weight excluding hydrogens is 669 g/mol. The van der Waals surface area contributed by atoms with Crippen molar-refractivity contribution < 1.29 is 28.6 Å². The van der Waals surface area contributed by atoms with Gasteiger partial charge in [-0.25, -0.2) is 4.39 Å². The molecule has 3 amide bonds. The minimum absolute atomic E-state index is 0.106. The van der Waals surface area contributed by atoms with Crippen molar-refractivity contribution in [3.8, 4) is 0 Å². The molecule has 5 aromatic carbocycles. The maximum atomic E-state index is 16.3. The molecule has 1 spiro atoms. The summed E-state index contributed by atoms with van der Waals surface area (Å²) >= 11 is 0. The van der Waals surface area contributed by atoms with Crippen molar-refractivity contribution in [3.63, 3.8) is 0 Å². The zero-order chi connectivity index (χ0) is 37.1. The van der Waals surface area contributed by atoms with Crippen LogP contribution >= 0.6 is 0 Å². The number of benzene rings is 5. The van der Waals surface area contributed by atoms with Gasteiger partial charge in [-0.2, -0.15) is 0 Å². The molecule has 1 saturated heterocycles. The summed E-state index contributed by atoms with van der Waals surface area (Å²) in [5.41, 5.74) is 1.88. The second-order valence-electron chi connectivity index (χ2n) is 14.9. The van der Waals surface area contributed by atoms with Crippen molar-refractivity contribution >= 4 is 45.6 Å². The first-order valence-electron chi connectivity index (χ1n) is 18.2. The first kappa shape index (κ1) is 34.7. The van der Waals surface area contributed by atoms with Crippen LogP contribution in [0.25, 0.3) is 10.8 Å². The van der Waals surface area contributed by atoms with Crippen LogP contribution in [0.5, 0.6) is 0 Å². The number of nitrogens with zero attached hydrogens (tertiary/aromatic N) is 3. The van der Waals surface area contributed by atoms with Gasteiger partial charge >= 0.3 is 0 Å². The number of anilines is 3. The average Bonchev–Trinajstić information content (AvgIpc) is 3.70. The number of halogens is 1. The fourth-order valence-corrected chi connectivity index (χ4v) is 9.02. The second-order valence-corrected chi connectivity index (χ2v) is 14.9. The highest BCUT2D eigenvalue weighted by Crippen LogP contribution is 2.58. The summed E-state index contributed by atoms with van der Waals surface area (Å²) in [5.74, 6) is -2.11. The third kappa shape index (κ3) is 5.70. The lowest BCUT2D eigenvalue weighted by Crippen LogP contribution is -2.45. The van der Waals surface area contributed by atoms with E-state index in [1.165, 1.54) is 13.8 Å². The van der Waals surface area contributed by atoms with Crippen LogP contribution < -0.4 is 9.80 Å². The van der Waals surface area contributed by atoms with E-state index in [-0.39, 0.29) is 50.4 Å². The summed E-state index contributed by atoms with van der Waals surface area (Å²) in [6.07, 6.45) is -1.05. The molecule has 0 aliphatic carbocycles. The largest absolute Gasteiger partial charge is 0.395 e. The first-order chi connectivity index (χ1) is 25.5. The molecule has 0 aromatic heterocycles. The van der Waals surface area contributed by atoms with Gasteiger partial charge in [-0.3, -0.25) is 19.3 Å². The third-order valence-electron chi connectivity index (χ3n) is 11.2. The number of rotatable bonds is 10. The van der Waals surface area contributed by atoms with Gasteiger partial charge in [0.1, 0.15) is 5.67 Å². The van der Waals surface area contributed by atoms with E-state index < -0.39 is 29.2 Å². The molecule has 3 aliphatic heterocycles. The number of alkyl halides is 1. The van der Waals surface area contributed by atoms with Crippen LogP contribution in [0, 0.1) is 11.8 Å². The van der Waals surface area contributed by atoms with Crippen molar-refractivity contribution in [2.75, 3.05) is 23.0 Å². The Morgan fingerprint density at radius 3 is 2.32 bits per heavy atom. The SMILES string of the molecule is C[C@@H]1[C@@H](C(C)(C)F)[C@H](CC(=O)N(CCO)Cc2ccccc2)O[C@@]12C(=O)N(Cc1cccc(N3C(=O)c4cccc5cccc3c45)c1)c1ccccc12. The number of para-hydroxylation sites is 1. The summed E-state index contributed by atoms with van der Waals surface area (Å²) in [6, 6.07) is 36.2. The van der Waals surface area contributed by atoms with E-state index in [2.05, 4.69) is 0 Å². The molecule has 0 saturated carbocycles. The Labute approximate surface area is 308 Å². The molecule has 8 nitrogen and oxygen atoms in total. The second kappa shape index (κ2) is 13.2. The molecule has 5 aromatic rings. The number of hydrogen-bond donors (Lipinski definition) is 1. The smallest absolute Gasteiger partial charge is 0.264 e. The Kier molecular flexibility index (Phi) is 8.66. The summed E-state index contributed by atoms with van der Waals surface area (Å²) in [7, 11) is 0. The summed E-state index contributed by atoms with van der Waals surface area (Å²) in [5, 5.41) is 11.7. The van der Waals surface area contributed by atoms with Gasteiger partial charge in [-0.05, 0) is 60.7 Å². The van der Waals surface area contributed by atoms with Gasteiger partial charge in [-0.15, -0.1) is 0 Å². The summed E-state index contributed by atoms with van der Waals surface area (Å²) in [4.78, 5) is 47.5. The standard InChI is InChI=1S/C44H42FN3O5/c1-28-40(43(2,3)45)37(25-38(50)46(22-23-49)26-29-12-5-4-6-13-29)53-44(28)34-19-7-8-20-35(34)47(42(44)52)27-30-14-9-17-32(24-30)48-36-21-11-16-31-15-10-18-33(39(31)36)41(48)51/h4-21,24,28,37,40,49H,22-23,25-27H2,1-3H3/t28-,37+,40-,44+/m1/s1. The van der Waals surface area contributed by atoms with Gasteiger partial charge in [0.05, 0.1) is 42.6 Å². The molecule has 270 valence electrons. The molecule has 1 fully saturated rings. The number of aliphatic hydroxyl groups is 1. The number of fused-ring (bicyclic) bond motifs is 2. The Morgan fingerprint density at radius 2 is 1.57 bits per heavy atom. The van der Waals surface area contributed by atoms with Gasteiger partial charge in [-0.1, -0.05) is 91.9 Å².